The van der Waals surface area contributed by atoms with Gasteiger partial charge in [0.15, 0.2) is 11.6 Å². The van der Waals surface area contributed by atoms with Gasteiger partial charge in [-0.1, -0.05) is 13.0 Å². The summed E-state index contributed by atoms with van der Waals surface area (Å²) in [5.74, 6) is -1.08. The first kappa shape index (κ1) is 12.3. The van der Waals surface area contributed by atoms with E-state index in [0.717, 1.165) is 25.6 Å². The Morgan fingerprint density at radius 1 is 1.35 bits per heavy atom. The lowest BCUT2D eigenvalue weighted by Gasteiger charge is -2.38. The van der Waals surface area contributed by atoms with Crippen LogP contribution in [0.15, 0.2) is 18.2 Å². The van der Waals surface area contributed by atoms with Crippen LogP contribution in [-0.2, 0) is 0 Å². The molecule has 0 aromatic heterocycles. The van der Waals surface area contributed by atoms with Gasteiger partial charge in [-0.05, 0) is 31.5 Å². The van der Waals surface area contributed by atoms with Crippen molar-refractivity contribution < 1.29 is 8.78 Å². The van der Waals surface area contributed by atoms with Crippen molar-refractivity contribution in [3.8, 4) is 0 Å². The van der Waals surface area contributed by atoms with Crippen LogP contribution in [0.3, 0.4) is 0 Å². The molecular formula is C13H18F2N2. The largest absolute Gasteiger partial charge is 0.369 e. The van der Waals surface area contributed by atoms with Gasteiger partial charge in [0.2, 0.25) is 0 Å². The topological polar surface area (TPSA) is 15.3 Å². The van der Waals surface area contributed by atoms with Crippen LogP contribution in [0.1, 0.15) is 13.3 Å². The van der Waals surface area contributed by atoms with Gasteiger partial charge in [-0.15, -0.1) is 0 Å². The van der Waals surface area contributed by atoms with Crippen LogP contribution in [0.5, 0.6) is 0 Å². The van der Waals surface area contributed by atoms with Gasteiger partial charge in [0.05, 0.1) is 5.69 Å². The van der Waals surface area contributed by atoms with Gasteiger partial charge in [-0.2, -0.15) is 0 Å². The molecular weight excluding hydrogens is 222 g/mol. The zero-order valence-electron chi connectivity index (χ0n) is 10.2. The predicted molar refractivity (Wildman–Crippen MR) is 65.2 cm³/mol. The average molecular weight is 240 g/mol. The van der Waals surface area contributed by atoms with Crippen molar-refractivity contribution in [3.05, 3.63) is 29.8 Å². The second-order valence-corrected chi connectivity index (χ2v) is 4.68. The lowest BCUT2D eigenvalue weighted by atomic mass is 9.93. The first-order valence-electron chi connectivity index (χ1n) is 5.99. The van der Waals surface area contributed by atoms with E-state index in [-0.39, 0.29) is 0 Å². The van der Waals surface area contributed by atoms with Crippen molar-refractivity contribution in [3.63, 3.8) is 0 Å². The highest BCUT2D eigenvalue weighted by atomic mass is 19.2. The SMILES string of the molecule is CNC1CCN(c2cccc(F)c2F)CC1C. The number of anilines is 1. The van der Waals surface area contributed by atoms with Crippen molar-refractivity contribution in [2.24, 2.45) is 5.92 Å². The van der Waals surface area contributed by atoms with Crippen LogP contribution >= 0.6 is 0 Å². The standard InChI is InChI=1S/C13H18F2N2/c1-9-8-17(7-6-11(9)16-2)12-5-3-4-10(14)13(12)15/h3-5,9,11,16H,6-8H2,1-2H3. The highest BCUT2D eigenvalue weighted by Gasteiger charge is 2.26. The minimum absolute atomic E-state index is 0.381. The second kappa shape index (κ2) is 5.00. The predicted octanol–water partition coefficient (Wildman–Crippen LogP) is 2.40. The lowest BCUT2D eigenvalue weighted by molar-refractivity contribution is 0.336. The van der Waals surface area contributed by atoms with E-state index in [1.165, 1.54) is 0 Å². The van der Waals surface area contributed by atoms with Crippen LogP contribution in [0.25, 0.3) is 0 Å². The number of piperidine rings is 1. The second-order valence-electron chi connectivity index (χ2n) is 4.68. The van der Waals surface area contributed by atoms with E-state index in [0.29, 0.717) is 17.6 Å². The van der Waals surface area contributed by atoms with E-state index in [4.69, 9.17) is 0 Å². The van der Waals surface area contributed by atoms with Gasteiger partial charge in [0, 0.05) is 19.1 Å². The smallest absolute Gasteiger partial charge is 0.182 e. The summed E-state index contributed by atoms with van der Waals surface area (Å²) in [4.78, 5) is 1.93. The Balaban J connectivity index is 2.16. The number of benzene rings is 1. The summed E-state index contributed by atoms with van der Waals surface area (Å²) in [7, 11) is 1.94. The number of hydrogen-bond acceptors (Lipinski definition) is 2. The number of nitrogens with zero attached hydrogens (tertiary/aromatic N) is 1. The summed E-state index contributed by atoms with van der Waals surface area (Å²) in [6.45, 7) is 3.65. The summed E-state index contributed by atoms with van der Waals surface area (Å²) >= 11 is 0. The molecule has 0 spiro atoms. The fourth-order valence-corrected chi connectivity index (χ4v) is 2.53. The van der Waals surface area contributed by atoms with Crippen molar-refractivity contribution in [2.45, 2.75) is 19.4 Å². The number of halogens is 2. The molecule has 0 radical (unpaired) electrons. The highest BCUT2D eigenvalue weighted by Crippen LogP contribution is 2.26. The Bertz CT molecular complexity index is 395. The van der Waals surface area contributed by atoms with Crippen LogP contribution in [0, 0.1) is 17.6 Å². The van der Waals surface area contributed by atoms with Gasteiger partial charge in [0.25, 0.3) is 0 Å². The first-order chi connectivity index (χ1) is 8.13. The van der Waals surface area contributed by atoms with Crippen LogP contribution in [0.4, 0.5) is 14.5 Å². The number of hydrogen-bond donors (Lipinski definition) is 1. The summed E-state index contributed by atoms with van der Waals surface area (Å²) in [5.41, 5.74) is 0.381. The quantitative estimate of drug-likeness (QED) is 0.854. The Morgan fingerprint density at radius 3 is 2.76 bits per heavy atom. The fourth-order valence-electron chi connectivity index (χ4n) is 2.53. The molecule has 1 aromatic carbocycles. The van der Waals surface area contributed by atoms with E-state index < -0.39 is 11.6 Å². The Hall–Kier alpha value is -1.16. The van der Waals surface area contributed by atoms with Gasteiger partial charge in [0.1, 0.15) is 0 Å². The monoisotopic (exact) mass is 240 g/mol. The molecule has 1 N–H and O–H groups in total. The minimum atomic E-state index is -0.772. The molecule has 0 bridgehead atoms. The van der Waals surface area contributed by atoms with Crippen molar-refractivity contribution in [1.29, 1.82) is 0 Å². The van der Waals surface area contributed by atoms with Crippen molar-refractivity contribution >= 4 is 5.69 Å². The van der Waals surface area contributed by atoms with E-state index in [1.54, 1.807) is 12.1 Å². The number of nitrogens with one attached hydrogen (secondary N) is 1. The molecule has 0 aliphatic carbocycles. The molecule has 1 saturated heterocycles. The fraction of sp³-hybridized carbons (Fsp3) is 0.538. The van der Waals surface area contributed by atoms with E-state index in [2.05, 4.69) is 12.2 Å². The maximum atomic E-state index is 13.7. The normalized spacial score (nSPS) is 25.1. The van der Waals surface area contributed by atoms with Crippen LogP contribution in [0.2, 0.25) is 0 Å². The Morgan fingerprint density at radius 2 is 2.12 bits per heavy atom. The minimum Gasteiger partial charge on any atom is -0.369 e. The van der Waals surface area contributed by atoms with Crippen LogP contribution in [-0.4, -0.2) is 26.2 Å². The molecule has 0 amide bonds. The van der Waals surface area contributed by atoms with Crippen molar-refractivity contribution in [2.75, 3.05) is 25.0 Å². The maximum absolute atomic E-state index is 13.7. The number of rotatable bonds is 2. The maximum Gasteiger partial charge on any atom is 0.182 e. The Kier molecular flexibility index (Phi) is 3.62. The first-order valence-corrected chi connectivity index (χ1v) is 5.99. The molecule has 2 rings (SSSR count). The molecule has 2 nitrogen and oxygen atoms in total. The molecule has 94 valence electrons. The van der Waals surface area contributed by atoms with Gasteiger partial charge >= 0.3 is 0 Å². The zero-order valence-corrected chi connectivity index (χ0v) is 10.2. The lowest BCUT2D eigenvalue weighted by Crippen LogP contribution is -2.47. The highest BCUT2D eigenvalue weighted by molar-refractivity contribution is 5.48. The molecule has 0 saturated carbocycles. The molecule has 2 atom stereocenters. The molecule has 17 heavy (non-hydrogen) atoms. The third kappa shape index (κ3) is 2.41. The molecule has 1 heterocycles. The molecule has 1 fully saturated rings. The van der Waals surface area contributed by atoms with E-state index in [1.807, 2.05) is 11.9 Å². The van der Waals surface area contributed by atoms with Crippen LogP contribution < -0.4 is 10.2 Å². The third-order valence-corrected chi connectivity index (χ3v) is 3.55. The zero-order chi connectivity index (χ0) is 12.4. The Labute approximate surface area is 101 Å². The summed E-state index contributed by atoms with van der Waals surface area (Å²) in [5, 5.41) is 3.26. The average Bonchev–Trinajstić information content (AvgIpc) is 2.32. The molecule has 1 aliphatic rings. The molecule has 2 unspecified atom stereocenters. The summed E-state index contributed by atoms with van der Waals surface area (Å²) < 4.78 is 26.8. The molecule has 1 aromatic rings. The summed E-state index contributed by atoms with van der Waals surface area (Å²) in [6, 6.07) is 4.82. The molecule has 1 aliphatic heterocycles. The third-order valence-electron chi connectivity index (χ3n) is 3.55. The van der Waals surface area contributed by atoms with Gasteiger partial charge in [-0.25, -0.2) is 8.78 Å². The van der Waals surface area contributed by atoms with Gasteiger partial charge < -0.3 is 10.2 Å². The van der Waals surface area contributed by atoms with Crippen molar-refractivity contribution in [1.82, 2.24) is 5.32 Å². The summed E-state index contributed by atoms with van der Waals surface area (Å²) in [6.07, 6.45) is 0.952. The van der Waals surface area contributed by atoms with E-state index >= 15 is 0 Å². The van der Waals surface area contributed by atoms with E-state index in [9.17, 15) is 8.78 Å². The molecule has 4 heteroatoms. The van der Waals surface area contributed by atoms with Gasteiger partial charge in [-0.3, -0.25) is 0 Å².